The Bertz CT molecular complexity index is 816. The van der Waals surface area contributed by atoms with Crippen LogP contribution in [0.3, 0.4) is 0 Å². The number of benzene rings is 1. The molecule has 1 aromatic rings. The summed E-state index contributed by atoms with van der Waals surface area (Å²) >= 11 is 0. The van der Waals surface area contributed by atoms with Crippen LogP contribution in [0.5, 0.6) is 5.75 Å². The van der Waals surface area contributed by atoms with Crippen molar-refractivity contribution in [2.24, 2.45) is 5.73 Å². The second-order valence-corrected chi connectivity index (χ2v) is 7.21. The number of carbonyl (C=O) groups excluding carboxylic acids is 4. The summed E-state index contributed by atoms with van der Waals surface area (Å²) in [6, 6.07) is 4.35. The molecule has 0 spiro atoms. The third-order valence-electron chi connectivity index (χ3n) is 5.07. The SMILES string of the molecule is Cl.NCCCCCNC(=O)COc1ccc2c(c1)CN(C1CCC(=O)NC1=O)C2=O. The fraction of sp³-hybridized carbons (Fsp3) is 0.500. The lowest BCUT2D eigenvalue weighted by Gasteiger charge is -2.29. The molecule has 10 heteroatoms. The Morgan fingerprint density at radius 2 is 2.03 bits per heavy atom. The number of piperidine rings is 1. The van der Waals surface area contributed by atoms with Crippen molar-refractivity contribution in [1.29, 1.82) is 0 Å². The smallest absolute Gasteiger partial charge is 0.257 e. The fourth-order valence-electron chi connectivity index (χ4n) is 3.51. The molecule has 0 saturated carbocycles. The number of nitrogens with zero attached hydrogens (tertiary/aromatic N) is 1. The summed E-state index contributed by atoms with van der Waals surface area (Å²) in [6.45, 7) is 1.39. The number of unbranched alkanes of at least 4 members (excludes halogenated alkanes) is 2. The predicted octanol–water partition coefficient (Wildman–Crippen LogP) is 0.493. The average Bonchev–Trinajstić information content (AvgIpc) is 3.02. The van der Waals surface area contributed by atoms with E-state index in [1.54, 1.807) is 18.2 Å². The van der Waals surface area contributed by atoms with E-state index in [2.05, 4.69) is 10.6 Å². The van der Waals surface area contributed by atoms with Gasteiger partial charge < -0.3 is 20.7 Å². The second kappa shape index (κ2) is 10.9. The van der Waals surface area contributed by atoms with Gasteiger partial charge in [0.25, 0.3) is 11.8 Å². The third-order valence-corrected chi connectivity index (χ3v) is 5.07. The van der Waals surface area contributed by atoms with Gasteiger partial charge in [0.05, 0.1) is 0 Å². The van der Waals surface area contributed by atoms with Crippen LogP contribution in [0.15, 0.2) is 18.2 Å². The van der Waals surface area contributed by atoms with Gasteiger partial charge in [-0.05, 0) is 49.6 Å². The lowest BCUT2D eigenvalue weighted by Crippen LogP contribution is -2.52. The van der Waals surface area contributed by atoms with E-state index in [-0.39, 0.29) is 49.7 Å². The van der Waals surface area contributed by atoms with Gasteiger partial charge in [0.2, 0.25) is 11.8 Å². The van der Waals surface area contributed by atoms with E-state index in [9.17, 15) is 19.2 Å². The highest BCUT2D eigenvalue weighted by Gasteiger charge is 2.39. The highest BCUT2D eigenvalue weighted by molar-refractivity contribution is 6.05. The number of hydrogen-bond acceptors (Lipinski definition) is 6. The topological polar surface area (TPSA) is 131 Å². The van der Waals surface area contributed by atoms with Crippen LogP contribution in [0.4, 0.5) is 0 Å². The summed E-state index contributed by atoms with van der Waals surface area (Å²) in [7, 11) is 0. The maximum Gasteiger partial charge on any atom is 0.257 e. The van der Waals surface area contributed by atoms with Crippen LogP contribution in [0.1, 0.15) is 48.0 Å². The zero-order valence-corrected chi connectivity index (χ0v) is 17.5. The maximum absolute atomic E-state index is 12.6. The van der Waals surface area contributed by atoms with Gasteiger partial charge >= 0.3 is 0 Å². The van der Waals surface area contributed by atoms with Crippen LogP contribution >= 0.6 is 12.4 Å². The summed E-state index contributed by atoms with van der Waals surface area (Å²) in [5.41, 5.74) is 6.67. The van der Waals surface area contributed by atoms with Crippen molar-refractivity contribution in [3.8, 4) is 5.75 Å². The van der Waals surface area contributed by atoms with Gasteiger partial charge in [0.1, 0.15) is 11.8 Å². The number of fused-ring (bicyclic) bond motifs is 1. The van der Waals surface area contributed by atoms with Crippen LogP contribution in [-0.2, 0) is 20.9 Å². The minimum absolute atomic E-state index is 0. The van der Waals surface area contributed by atoms with Gasteiger partial charge in [-0.2, -0.15) is 0 Å². The van der Waals surface area contributed by atoms with E-state index in [0.29, 0.717) is 30.8 Å². The predicted molar refractivity (Wildman–Crippen MR) is 111 cm³/mol. The highest BCUT2D eigenvalue weighted by Crippen LogP contribution is 2.30. The van der Waals surface area contributed by atoms with E-state index in [0.717, 1.165) is 24.8 Å². The Hall–Kier alpha value is -2.65. The van der Waals surface area contributed by atoms with Gasteiger partial charge in [0, 0.05) is 25.1 Å². The molecule has 2 aliphatic rings. The molecule has 0 aromatic heterocycles. The van der Waals surface area contributed by atoms with E-state index in [1.165, 1.54) is 4.90 Å². The van der Waals surface area contributed by atoms with Crippen molar-refractivity contribution in [3.05, 3.63) is 29.3 Å². The summed E-state index contributed by atoms with van der Waals surface area (Å²) < 4.78 is 5.54. The monoisotopic (exact) mass is 438 g/mol. The van der Waals surface area contributed by atoms with Gasteiger partial charge in [-0.25, -0.2) is 0 Å². The number of hydrogen-bond donors (Lipinski definition) is 3. The molecule has 9 nitrogen and oxygen atoms in total. The highest BCUT2D eigenvalue weighted by atomic mass is 35.5. The third kappa shape index (κ3) is 5.70. The number of ether oxygens (including phenoxy) is 1. The van der Waals surface area contributed by atoms with Crippen LogP contribution in [0.25, 0.3) is 0 Å². The number of rotatable bonds is 9. The molecular formula is C20H27ClN4O5. The molecule has 2 aliphatic heterocycles. The number of carbonyl (C=O) groups is 4. The molecule has 2 heterocycles. The van der Waals surface area contributed by atoms with Crippen molar-refractivity contribution in [2.75, 3.05) is 19.7 Å². The van der Waals surface area contributed by atoms with Gasteiger partial charge in [-0.15, -0.1) is 12.4 Å². The van der Waals surface area contributed by atoms with Crippen LogP contribution in [0.2, 0.25) is 0 Å². The standard InChI is InChI=1S/C20H26N4O5.ClH/c21-8-2-1-3-9-22-18(26)12-29-14-4-5-15-13(10-14)11-24(20(15)28)16-6-7-17(25)23-19(16)27;/h4-5,10,16H,1-3,6-9,11-12,21H2,(H,22,26)(H,23,25,27);1H. The molecule has 1 saturated heterocycles. The number of halogens is 1. The lowest BCUT2D eigenvalue weighted by atomic mass is 10.0. The largest absolute Gasteiger partial charge is 0.484 e. The minimum atomic E-state index is -0.651. The minimum Gasteiger partial charge on any atom is -0.484 e. The maximum atomic E-state index is 12.6. The molecule has 1 atom stereocenters. The summed E-state index contributed by atoms with van der Waals surface area (Å²) in [5, 5.41) is 5.07. The first-order valence-electron chi connectivity index (χ1n) is 9.86. The Morgan fingerprint density at radius 1 is 1.23 bits per heavy atom. The molecule has 3 rings (SSSR count). The van der Waals surface area contributed by atoms with Crippen molar-refractivity contribution < 1.29 is 23.9 Å². The molecule has 4 N–H and O–H groups in total. The fourth-order valence-corrected chi connectivity index (χ4v) is 3.51. The van der Waals surface area contributed by atoms with Gasteiger partial charge in [-0.3, -0.25) is 24.5 Å². The molecule has 0 aliphatic carbocycles. The molecule has 0 bridgehead atoms. The van der Waals surface area contributed by atoms with E-state index in [1.807, 2.05) is 0 Å². The van der Waals surface area contributed by atoms with Crippen molar-refractivity contribution >= 4 is 36.0 Å². The number of nitrogens with two attached hydrogens (primary N) is 1. The number of amides is 4. The first-order chi connectivity index (χ1) is 14.0. The molecule has 1 fully saturated rings. The summed E-state index contributed by atoms with van der Waals surface area (Å²) in [5.74, 6) is -0.721. The Morgan fingerprint density at radius 3 is 2.77 bits per heavy atom. The quantitative estimate of drug-likeness (QED) is 0.380. The normalized spacial score (nSPS) is 17.8. The zero-order chi connectivity index (χ0) is 20.8. The Balaban J connectivity index is 0.00000320. The van der Waals surface area contributed by atoms with Crippen molar-refractivity contribution in [1.82, 2.24) is 15.5 Å². The van der Waals surface area contributed by atoms with Crippen LogP contribution in [-0.4, -0.2) is 54.3 Å². The summed E-state index contributed by atoms with van der Waals surface area (Å²) in [4.78, 5) is 49.4. The molecule has 0 radical (unpaired) electrons. The van der Waals surface area contributed by atoms with Crippen molar-refractivity contribution in [3.63, 3.8) is 0 Å². The molecular weight excluding hydrogens is 412 g/mol. The lowest BCUT2D eigenvalue weighted by molar-refractivity contribution is -0.137. The molecule has 30 heavy (non-hydrogen) atoms. The average molecular weight is 439 g/mol. The van der Waals surface area contributed by atoms with Crippen LogP contribution < -0.4 is 21.1 Å². The molecule has 4 amide bonds. The second-order valence-electron chi connectivity index (χ2n) is 7.21. The molecule has 1 aromatic carbocycles. The Kier molecular flexibility index (Phi) is 8.61. The van der Waals surface area contributed by atoms with Crippen LogP contribution in [0, 0.1) is 0 Å². The van der Waals surface area contributed by atoms with E-state index in [4.69, 9.17) is 10.5 Å². The first-order valence-corrected chi connectivity index (χ1v) is 9.86. The van der Waals surface area contributed by atoms with Crippen molar-refractivity contribution in [2.45, 2.75) is 44.7 Å². The van der Waals surface area contributed by atoms with Gasteiger partial charge in [0.15, 0.2) is 6.61 Å². The zero-order valence-electron chi connectivity index (χ0n) is 16.6. The van der Waals surface area contributed by atoms with E-state index >= 15 is 0 Å². The van der Waals surface area contributed by atoms with E-state index < -0.39 is 11.9 Å². The first kappa shape index (κ1) is 23.6. The molecule has 164 valence electrons. The molecule has 1 unspecified atom stereocenters. The van der Waals surface area contributed by atoms with Gasteiger partial charge in [-0.1, -0.05) is 6.42 Å². The summed E-state index contributed by atoms with van der Waals surface area (Å²) in [6.07, 6.45) is 3.32. The Labute approximate surface area is 181 Å². The number of imide groups is 1. The number of nitrogens with one attached hydrogen (secondary N) is 2.